The smallest absolute Gasteiger partial charge is 0.361 e. The average Bonchev–Trinajstić information content (AvgIpc) is 2.69. The van der Waals surface area contributed by atoms with Gasteiger partial charge in [-0.25, -0.2) is 18.5 Å². The first-order valence-electron chi connectivity index (χ1n) is 8.56. The van der Waals surface area contributed by atoms with E-state index in [1.165, 1.54) is 20.4 Å². The first kappa shape index (κ1) is 24.9. The number of carbonyl (C=O) groups excluding carboxylic acids is 1. The van der Waals surface area contributed by atoms with Crippen molar-refractivity contribution in [3.8, 4) is 0 Å². The molecule has 8 nitrogen and oxygen atoms in total. The summed E-state index contributed by atoms with van der Waals surface area (Å²) in [6, 6.07) is 3.54. The van der Waals surface area contributed by atoms with Crippen molar-refractivity contribution in [3.05, 3.63) is 52.3 Å². The van der Waals surface area contributed by atoms with Gasteiger partial charge in [-0.1, -0.05) is 11.6 Å². The van der Waals surface area contributed by atoms with Crippen LogP contribution in [0.25, 0.3) is 0 Å². The fourth-order valence-electron chi connectivity index (χ4n) is 2.38. The number of nitrogens with zero attached hydrogens (tertiary/aromatic N) is 2. The summed E-state index contributed by atoms with van der Waals surface area (Å²) < 4.78 is 68.0. The number of alkyl halides is 3. The van der Waals surface area contributed by atoms with Gasteiger partial charge in [0.1, 0.15) is 6.73 Å². The molecule has 31 heavy (non-hydrogen) atoms. The van der Waals surface area contributed by atoms with Gasteiger partial charge in [-0.15, -0.1) is 0 Å². The fraction of sp³-hybridized carbons (Fsp3) is 0.333. The van der Waals surface area contributed by atoms with E-state index in [4.69, 9.17) is 21.2 Å². The van der Waals surface area contributed by atoms with E-state index in [-0.39, 0.29) is 18.1 Å². The molecule has 0 saturated carbocycles. The predicted octanol–water partition coefficient (Wildman–Crippen LogP) is 3.51. The number of hydrogen-bond donors (Lipinski definition) is 1. The molecule has 0 radical (unpaired) electrons. The van der Waals surface area contributed by atoms with Crippen LogP contribution in [0.5, 0.6) is 0 Å². The molecule has 1 amide bonds. The maximum Gasteiger partial charge on any atom is 0.416 e. The maximum atomic E-state index is 12.7. The van der Waals surface area contributed by atoms with E-state index in [0.29, 0.717) is 12.1 Å². The molecular formula is C18H19ClF3N3O5S. The lowest BCUT2D eigenvalue weighted by Crippen LogP contribution is -2.27. The molecule has 0 unspecified atom stereocenters. The minimum atomic E-state index is -4.65. The Morgan fingerprint density at radius 2 is 1.97 bits per heavy atom. The number of carbonyl (C=O) groups is 1. The maximum absolute atomic E-state index is 12.7. The molecule has 0 saturated heterocycles. The van der Waals surface area contributed by atoms with Crippen molar-refractivity contribution in [3.63, 3.8) is 0 Å². The van der Waals surface area contributed by atoms with Crippen molar-refractivity contribution in [2.45, 2.75) is 18.0 Å². The summed E-state index contributed by atoms with van der Waals surface area (Å²) in [4.78, 5) is 20.7. The molecule has 170 valence electrons. The molecule has 0 aliphatic rings. The van der Waals surface area contributed by atoms with Crippen LogP contribution in [-0.2, 0) is 25.6 Å². The lowest BCUT2D eigenvalue weighted by atomic mass is 10.2. The van der Waals surface area contributed by atoms with Gasteiger partial charge >= 0.3 is 6.18 Å². The topological polar surface area (TPSA) is 97.8 Å². The minimum Gasteiger partial charge on any atom is -0.361 e. The van der Waals surface area contributed by atoms with E-state index < -0.39 is 43.3 Å². The van der Waals surface area contributed by atoms with Gasteiger partial charge in [-0.05, 0) is 36.8 Å². The molecule has 2 rings (SSSR count). The molecule has 0 fully saturated rings. The van der Waals surface area contributed by atoms with E-state index >= 15 is 0 Å². The first-order chi connectivity index (χ1) is 14.4. The molecule has 1 heterocycles. The van der Waals surface area contributed by atoms with Crippen LogP contribution >= 0.6 is 11.6 Å². The number of sulfone groups is 1. The molecular weight excluding hydrogens is 463 g/mol. The molecule has 0 spiro atoms. The molecule has 13 heteroatoms. The SMILES string of the molecule is CON(C)C(=O)c1ncc(C)cc1NCOCS(=O)(=O)c1ccc(C(F)(F)F)cc1Cl. The van der Waals surface area contributed by atoms with Crippen molar-refractivity contribution in [2.24, 2.45) is 0 Å². The Labute approximate surface area is 181 Å². The van der Waals surface area contributed by atoms with E-state index in [0.717, 1.165) is 16.7 Å². The van der Waals surface area contributed by atoms with Crippen molar-refractivity contribution in [1.82, 2.24) is 10.0 Å². The second-order valence-electron chi connectivity index (χ2n) is 6.29. The Balaban J connectivity index is 2.08. The summed E-state index contributed by atoms with van der Waals surface area (Å²) in [5, 5.41) is 3.14. The highest BCUT2D eigenvalue weighted by atomic mass is 35.5. The number of rotatable bonds is 8. The highest BCUT2D eigenvalue weighted by Crippen LogP contribution is 2.33. The van der Waals surface area contributed by atoms with Crippen LogP contribution < -0.4 is 5.32 Å². The largest absolute Gasteiger partial charge is 0.416 e. The van der Waals surface area contributed by atoms with Gasteiger partial charge < -0.3 is 10.1 Å². The highest BCUT2D eigenvalue weighted by molar-refractivity contribution is 7.91. The van der Waals surface area contributed by atoms with Gasteiger partial charge in [-0.3, -0.25) is 9.63 Å². The van der Waals surface area contributed by atoms with E-state index in [2.05, 4.69) is 10.3 Å². The molecule has 1 N–H and O–H groups in total. The van der Waals surface area contributed by atoms with Gasteiger partial charge in [-0.2, -0.15) is 13.2 Å². The van der Waals surface area contributed by atoms with Crippen LogP contribution in [0.15, 0.2) is 35.4 Å². The number of anilines is 1. The van der Waals surface area contributed by atoms with Crippen LogP contribution in [0.4, 0.5) is 18.9 Å². The number of nitrogens with one attached hydrogen (secondary N) is 1. The number of aromatic nitrogens is 1. The van der Waals surface area contributed by atoms with Gasteiger partial charge in [0.05, 0.1) is 28.3 Å². The summed E-state index contributed by atoms with van der Waals surface area (Å²) in [7, 11) is -1.43. The first-order valence-corrected chi connectivity index (χ1v) is 10.6. The highest BCUT2D eigenvalue weighted by Gasteiger charge is 2.32. The minimum absolute atomic E-state index is 0.0205. The fourth-order valence-corrected chi connectivity index (χ4v) is 3.97. The Kier molecular flexibility index (Phi) is 7.87. The average molecular weight is 482 g/mol. The number of aryl methyl sites for hydroxylation is 1. The van der Waals surface area contributed by atoms with Crippen LogP contribution in [0.2, 0.25) is 5.02 Å². The van der Waals surface area contributed by atoms with Crippen LogP contribution in [-0.4, -0.2) is 51.2 Å². The van der Waals surface area contributed by atoms with Crippen molar-refractivity contribution >= 4 is 33.0 Å². The third-order valence-electron chi connectivity index (χ3n) is 3.98. The lowest BCUT2D eigenvalue weighted by Gasteiger charge is -2.17. The number of hydroxylamine groups is 2. The normalized spacial score (nSPS) is 12.0. The van der Waals surface area contributed by atoms with Gasteiger partial charge in [0.15, 0.2) is 11.6 Å². The van der Waals surface area contributed by atoms with Crippen LogP contribution in [0, 0.1) is 6.92 Å². The lowest BCUT2D eigenvalue weighted by molar-refractivity contribution is -0.137. The Morgan fingerprint density at radius 1 is 1.29 bits per heavy atom. The summed E-state index contributed by atoms with van der Waals surface area (Å²) in [5.41, 5.74) is -0.0430. The monoisotopic (exact) mass is 481 g/mol. The molecule has 0 atom stereocenters. The third-order valence-corrected chi connectivity index (χ3v) is 5.91. The zero-order valence-electron chi connectivity index (χ0n) is 16.7. The van der Waals surface area contributed by atoms with Crippen LogP contribution in [0.3, 0.4) is 0 Å². The molecule has 1 aromatic carbocycles. The summed E-state index contributed by atoms with van der Waals surface area (Å²) in [6.07, 6.45) is -3.18. The van der Waals surface area contributed by atoms with Gasteiger partial charge in [0.25, 0.3) is 5.91 Å². The van der Waals surface area contributed by atoms with Crippen LogP contribution in [0.1, 0.15) is 21.6 Å². The standard InChI is InChI=1S/C18H19ClF3N3O5S/c1-11-6-14(16(23-8-11)17(26)25(2)29-3)24-9-30-10-31(27,28)15-5-4-12(7-13(15)19)18(20,21)22/h4-8,24H,9-10H2,1-3H3. The Bertz CT molecular complexity index is 1060. The summed E-state index contributed by atoms with van der Waals surface area (Å²) >= 11 is 5.73. The van der Waals surface area contributed by atoms with Gasteiger partial charge in [0.2, 0.25) is 9.84 Å². The second kappa shape index (κ2) is 9.81. The molecule has 2 aromatic rings. The second-order valence-corrected chi connectivity index (χ2v) is 8.61. The quantitative estimate of drug-likeness (QED) is 0.350. The van der Waals surface area contributed by atoms with E-state index in [9.17, 15) is 26.4 Å². The molecule has 1 aromatic heterocycles. The van der Waals surface area contributed by atoms with Crippen molar-refractivity contribution < 1.29 is 36.0 Å². The zero-order valence-corrected chi connectivity index (χ0v) is 18.2. The number of hydrogen-bond acceptors (Lipinski definition) is 7. The van der Waals surface area contributed by atoms with E-state index in [1.54, 1.807) is 13.0 Å². The Morgan fingerprint density at radius 3 is 2.55 bits per heavy atom. The Hall–Kier alpha value is -2.41. The van der Waals surface area contributed by atoms with E-state index in [1.807, 2.05) is 0 Å². The number of benzene rings is 1. The van der Waals surface area contributed by atoms with Gasteiger partial charge in [0, 0.05) is 13.2 Å². The van der Waals surface area contributed by atoms with Crippen molar-refractivity contribution in [2.75, 3.05) is 32.1 Å². The number of halogens is 4. The number of pyridine rings is 1. The van der Waals surface area contributed by atoms with Crippen molar-refractivity contribution in [1.29, 1.82) is 0 Å². The predicted molar refractivity (Wildman–Crippen MR) is 106 cm³/mol. The molecule has 0 bridgehead atoms. The summed E-state index contributed by atoms with van der Waals surface area (Å²) in [6.45, 7) is 1.41. The summed E-state index contributed by atoms with van der Waals surface area (Å²) in [5.74, 6) is -1.40. The molecule has 0 aliphatic heterocycles. The third kappa shape index (κ3) is 6.29. The number of ether oxygens (including phenoxy) is 1. The zero-order chi connectivity index (χ0) is 23.4. The number of amides is 1. The molecule has 0 aliphatic carbocycles.